The third kappa shape index (κ3) is 2.64. The molecule has 0 bridgehead atoms. The fourth-order valence-electron chi connectivity index (χ4n) is 2.53. The molecule has 0 unspecified atom stereocenters. The third-order valence-electron chi connectivity index (χ3n) is 3.74. The molecule has 0 aliphatic carbocycles. The number of nitrogens with zero attached hydrogens (tertiary/aromatic N) is 3. The third-order valence-corrected chi connectivity index (χ3v) is 4.06. The van der Waals surface area contributed by atoms with Crippen LogP contribution in [0, 0.1) is 0 Å². The molecule has 0 saturated carbocycles. The molecule has 2 aromatic heterocycles. The van der Waals surface area contributed by atoms with Crippen LogP contribution in [-0.4, -0.2) is 33.1 Å². The first-order chi connectivity index (χ1) is 12.2. The van der Waals surface area contributed by atoms with E-state index in [9.17, 15) is 4.79 Å². The van der Waals surface area contributed by atoms with Crippen LogP contribution in [0.3, 0.4) is 0 Å². The maximum Gasteiger partial charge on any atom is 0.322 e. The number of hydrogen-bond donors (Lipinski definition) is 2. The molecule has 7 nitrogen and oxygen atoms in total. The van der Waals surface area contributed by atoms with E-state index in [2.05, 4.69) is 25.5 Å². The molecule has 0 fully saturated rings. The molecule has 8 heteroatoms. The first-order valence-electron chi connectivity index (χ1n) is 7.45. The maximum absolute atomic E-state index is 11.9. The van der Waals surface area contributed by atoms with Gasteiger partial charge in [-0.25, -0.2) is 4.98 Å². The van der Waals surface area contributed by atoms with Crippen molar-refractivity contribution in [3.8, 4) is 11.8 Å². The Hall–Kier alpha value is -3.19. The van der Waals surface area contributed by atoms with E-state index in [1.54, 1.807) is 25.4 Å². The van der Waals surface area contributed by atoms with Gasteiger partial charge in [0.15, 0.2) is 0 Å². The molecule has 0 radical (unpaired) electrons. The van der Waals surface area contributed by atoms with Gasteiger partial charge < -0.3 is 10.1 Å². The number of rotatable bonds is 3. The second-order valence-electron chi connectivity index (χ2n) is 5.26. The van der Waals surface area contributed by atoms with Crippen molar-refractivity contribution < 1.29 is 9.53 Å². The molecular formula is C17H12ClN5O2. The molecule has 2 heterocycles. The van der Waals surface area contributed by atoms with Gasteiger partial charge in [0, 0.05) is 24.0 Å². The first-order valence-corrected chi connectivity index (χ1v) is 7.83. The van der Waals surface area contributed by atoms with Gasteiger partial charge in [-0.05, 0) is 18.2 Å². The summed E-state index contributed by atoms with van der Waals surface area (Å²) in [6.45, 7) is 0. The summed E-state index contributed by atoms with van der Waals surface area (Å²) >= 11 is 6.10. The molecule has 0 spiro atoms. The Morgan fingerprint density at radius 2 is 2.04 bits per heavy atom. The van der Waals surface area contributed by atoms with Gasteiger partial charge in [-0.2, -0.15) is 10.1 Å². The summed E-state index contributed by atoms with van der Waals surface area (Å²) in [6, 6.07) is 10.9. The van der Waals surface area contributed by atoms with Crippen LogP contribution in [0.2, 0.25) is 5.02 Å². The van der Waals surface area contributed by atoms with E-state index in [4.69, 9.17) is 16.3 Å². The highest BCUT2D eigenvalue weighted by molar-refractivity contribution is 6.32. The van der Waals surface area contributed by atoms with Crippen LogP contribution < -0.4 is 10.1 Å². The molecule has 0 saturated heterocycles. The molecule has 4 rings (SSSR count). The lowest BCUT2D eigenvalue weighted by Crippen LogP contribution is -2.18. The molecule has 0 aliphatic heterocycles. The zero-order valence-electron chi connectivity index (χ0n) is 13.1. The lowest BCUT2D eigenvalue weighted by molar-refractivity contribution is 0.0959. The van der Waals surface area contributed by atoms with Gasteiger partial charge in [0.05, 0.1) is 5.02 Å². The van der Waals surface area contributed by atoms with Gasteiger partial charge >= 0.3 is 6.01 Å². The number of carbonyl (C=O) groups excluding carboxylic acids is 1. The van der Waals surface area contributed by atoms with Gasteiger partial charge in [-0.3, -0.25) is 9.89 Å². The maximum atomic E-state index is 11.9. The lowest BCUT2D eigenvalue weighted by atomic mass is 10.1. The molecule has 25 heavy (non-hydrogen) atoms. The minimum absolute atomic E-state index is 0.151. The number of fused-ring (bicyclic) bond motifs is 3. The SMILES string of the molecule is CNC(=O)c1[nH]nc2c1ccc1cnc(Oc3ccccc3Cl)nc12. The van der Waals surface area contributed by atoms with E-state index >= 15 is 0 Å². The van der Waals surface area contributed by atoms with Crippen molar-refractivity contribution >= 4 is 39.3 Å². The fraction of sp³-hybridized carbons (Fsp3) is 0.0588. The van der Waals surface area contributed by atoms with Gasteiger partial charge in [0.1, 0.15) is 22.5 Å². The van der Waals surface area contributed by atoms with Crippen molar-refractivity contribution in [2.75, 3.05) is 7.05 Å². The normalized spacial score (nSPS) is 11.0. The Balaban J connectivity index is 1.84. The second kappa shape index (κ2) is 6.03. The molecule has 124 valence electrons. The van der Waals surface area contributed by atoms with E-state index in [0.717, 1.165) is 5.39 Å². The molecule has 2 aromatic carbocycles. The minimum atomic E-state index is -0.247. The van der Waals surface area contributed by atoms with Gasteiger partial charge in [0.25, 0.3) is 5.91 Å². The molecule has 4 aromatic rings. The summed E-state index contributed by atoms with van der Waals surface area (Å²) in [6.07, 6.45) is 1.64. The average molecular weight is 354 g/mol. The Labute approximate surface area is 147 Å². The summed E-state index contributed by atoms with van der Waals surface area (Å²) in [7, 11) is 1.56. The van der Waals surface area contributed by atoms with Crippen molar-refractivity contribution in [1.82, 2.24) is 25.5 Å². The summed E-state index contributed by atoms with van der Waals surface area (Å²) < 4.78 is 5.67. The number of nitrogens with one attached hydrogen (secondary N) is 2. The first kappa shape index (κ1) is 15.3. The topological polar surface area (TPSA) is 92.8 Å². The number of benzene rings is 2. The number of para-hydroxylation sites is 1. The van der Waals surface area contributed by atoms with Crippen LogP contribution in [0.4, 0.5) is 0 Å². The highest BCUT2D eigenvalue weighted by Gasteiger charge is 2.16. The predicted octanol–water partition coefficient (Wildman–Crippen LogP) is 3.31. The van der Waals surface area contributed by atoms with E-state index < -0.39 is 0 Å². The number of aromatic nitrogens is 4. The van der Waals surface area contributed by atoms with E-state index in [0.29, 0.717) is 32.9 Å². The van der Waals surface area contributed by atoms with Crippen molar-refractivity contribution in [3.63, 3.8) is 0 Å². The van der Waals surface area contributed by atoms with Crippen LogP contribution >= 0.6 is 11.6 Å². The highest BCUT2D eigenvalue weighted by Crippen LogP contribution is 2.29. The highest BCUT2D eigenvalue weighted by atomic mass is 35.5. The Bertz CT molecular complexity index is 1110. The number of ether oxygens (including phenoxy) is 1. The lowest BCUT2D eigenvalue weighted by Gasteiger charge is -2.06. The summed E-state index contributed by atoms with van der Waals surface area (Å²) in [4.78, 5) is 20.5. The van der Waals surface area contributed by atoms with Crippen molar-refractivity contribution in [2.45, 2.75) is 0 Å². The molecular weight excluding hydrogens is 342 g/mol. The monoisotopic (exact) mass is 353 g/mol. The number of hydrogen-bond acceptors (Lipinski definition) is 5. The number of H-pyrrole nitrogens is 1. The Morgan fingerprint density at radius 1 is 1.20 bits per heavy atom. The van der Waals surface area contributed by atoms with Crippen LogP contribution in [0.5, 0.6) is 11.8 Å². The summed E-state index contributed by atoms with van der Waals surface area (Å²) in [5.41, 5.74) is 1.54. The predicted molar refractivity (Wildman–Crippen MR) is 94.1 cm³/mol. The number of halogens is 1. The number of aromatic amines is 1. The van der Waals surface area contributed by atoms with Crippen LogP contribution in [0.15, 0.2) is 42.6 Å². The van der Waals surface area contributed by atoms with Crippen molar-refractivity contribution in [3.05, 3.63) is 53.3 Å². The second-order valence-corrected chi connectivity index (χ2v) is 5.67. The molecule has 0 atom stereocenters. The number of carbonyl (C=O) groups is 1. The van der Waals surface area contributed by atoms with Gasteiger partial charge in [-0.1, -0.05) is 29.8 Å². The van der Waals surface area contributed by atoms with Crippen LogP contribution in [-0.2, 0) is 0 Å². The van der Waals surface area contributed by atoms with Crippen molar-refractivity contribution in [1.29, 1.82) is 0 Å². The van der Waals surface area contributed by atoms with Crippen molar-refractivity contribution in [2.24, 2.45) is 0 Å². The summed E-state index contributed by atoms with van der Waals surface area (Å²) in [5.74, 6) is 0.215. The van der Waals surface area contributed by atoms with E-state index in [1.807, 2.05) is 24.3 Å². The summed E-state index contributed by atoms with van der Waals surface area (Å²) in [5, 5.41) is 11.5. The quantitative estimate of drug-likeness (QED) is 0.589. The van der Waals surface area contributed by atoms with E-state index in [1.165, 1.54) is 0 Å². The standard InChI is InChI=1S/C17H12ClN5O2/c1-19-16(24)15-10-7-6-9-8-20-17(21-13(9)14(10)22-23-15)25-12-5-3-2-4-11(12)18/h2-8H,1H3,(H,19,24)(H,22,23). The number of amides is 1. The minimum Gasteiger partial charge on any atom is -0.423 e. The Kier molecular flexibility index (Phi) is 3.70. The van der Waals surface area contributed by atoms with Crippen LogP contribution in [0.25, 0.3) is 21.8 Å². The van der Waals surface area contributed by atoms with Gasteiger partial charge in [-0.15, -0.1) is 0 Å². The average Bonchev–Trinajstić information content (AvgIpc) is 3.07. The fourth-order valence-corrected chi connectivity index (χ4v) is 2.70. The largest absolute Gasteiger partial charge is 0.423 e. The molecule has 0 aliphatic rings. The molecule has 1 amide bonds. The van der Waals surface area contributed by atoms with E-state index in [-0.39, 0.29) is 11.9 Å². The molecule has 2 N–H and O–H groups in total. The van der Waals surface area contributed by atoms with Gasteiger partial charge in [0.2, 0.25) is 0 Å². The zero-order valence-corrected chi connectivity index (χ0v) is 13.8. The van der Waals surface area contributed by atoms with Crippen LogP contribution in [0.1, 0.15) is 10.5 Å². The zero-order chi connectivity index (χ0) is 17.4. The Morgan fingerprint density at radius 3 is 2.84 bits per heavy atom. The smallest absolute Gasteiger partial charge is 0.322 e.